The number of aliphatic hydroxyl groups excluding tert-OH is 2. The minimum atomic E-state index is -4.59. The molecule has 0 spiro atoms. The molecule has 1 amide bonds. The van der Waals surface area contributed by atoms with Crippen molar-refractivity contribution in [3.63, 3.8) is 0 Å². The van der Waals surface area contributed by atoms with Gasteiger partial charge >= 0.3 is 6.18 Å². The van der Waals surface area contributed by atoms with Crippen LogP contribution in [0.25, 0.3) is 0 Å². The van der Waals surface area contributed by atoms with Crippen LogP contribution >= 0.6 is 0 Å². The molecule has 0 bridgehead atoms. The second-order valence-corrected chi connectivity index (χ2v) is 11.4. The van der Waals surface area contributed by atoms with E-state index >= 15 is 0 Å². The van der Waals surface area contributed by atoms with Crippen molar-refractivity contribution in [2.45, 2.75) is 91.4 Å². The second-order valence-electron chi connectivity index (χ2n) is 11.4. The number of aryl methyl sites for hydroxylation is 2. The van der Waals surface area contributed by atoms with Crippen LogP contribution in [0.15, 0.2) is 42.5 Å². The number of halogens is 5. The van der Waals surface area contributed by atoms with E-state index in [2.05, 4.69) is 24.0 Å². The summed E-state index contributed by atoms with van der Waals surface area (Å²) in [6, 6.07) is 11.1. The van der Waals surface area contributed by atoms with Gasteiger partial charge in [0.05, 0.1) is 11.6 Å². The highest BCUT2D eigenvalue weighted by Crippen LogP contribution is 2.48. The van der Waals surface area contributed by atoms with Crippen LogP contribution < -0.4 is 0 Å². The zero-order valence-electron chi connectivity index (χ0n) is 26.1. The molecule has 4 rings (SSSR count). The number of alkyl halides is 5. The van der Waals surface area contributed by atoms with Gasteiger partial charge in [-0.15, -0.1) is 0 Å². The predicted octanol–water partition coefficient (Wildman–Crippen LogP) is 7.13. The van der Waals surface area contributed by atoms with Crippen LogP contribution in [0.1, 0.15) is 87.7 Å². The molecular formula is C33H47F5N2O3. The van der Waals surface area contributed by atoms with E-state index in [0.717, 1.165) is 38.2 Å². The molecule has 242 valence electrons. The first-order valence-corrected chi connectivity index (χ1v) is 15.0. The van der Waals surface area contributed by atoms with Gasteiger partial charge in [-0.2, -0.15) is 13.2 Å². The van der Waals surface area contributed by atoms with Crippen LogP contribution in [0.2, 0.25) is 0 Å². The van der Waals surface area contributed by atoms with E-state index in [4.69, 9.17) is 0 Å². The Hall–Kier alpha value is -2.56. The third-order valence-corrected chi connectivity index (χ3v) is 8.41. The molecule has 2 unspecified atom stereocenters. The number of carbonyl (C=O) groups is 1. The van der Waals surface area contributed by atoms with Crippen molar-refractivity contribution in [3.05, 3.63) is 70.3 Å². The Balaban J connectivity index is 0.000000310. The average molecular weight is 615 g/mol. The molecule has 2 aliphatic rings. The molecule has 2 atom stereocenters. The molecule has 5 nitrogen and oxygen atoms in total. The quantitative estimate of drug-likeness (QED) is 0.326. The number of rotatable bonds is 7. The standard InChI is InChI=1S/C20H30N2O3.C11H11F5.C2H6/c1-15-5-3-4-6-17(15)19-18-13-20(7-11-23,8-12-24)14-21(18)9-10-22(19)16(2)25;1-3-7-4-8(10(2,12)13)6-9(5-7)11(14,15)16;1-2/h3-6,18-19,23-24H,7-14H2,1-2H3;4-6H,3H2,1-2H3;1-2H3. The van der Waals surface area contributed by atoms with Gasteiger partial charge in [-0.25, -0.2) is 8.78 Å². The fourth-order valence-corrected chi connectivity index (χ4v) is 6.25. The molecule has 2 aliphatic heterocycles. The van der Waals surface area contributed by atoms with Crippen molar-refractivity contribution >= 4 is 5.91 Å². The van der Waals surface area contributed by atoms with E-state index < -0.39 is 23.2 Å². The van der Waals surface area contributed by atoms with E-state index in [9.17, 15) is 37.0 Å². The van der Waals surface area contributed by atoms with Crippen LogP contribution in [0.3, 0.4) is 0 Å². The third-order valence-electron chi connectivity index (χ3n) is 8.41. The summed E-state index contributed by atoms with van der Waals surface area (Å²) in [4.78, 5) is 16.8. The minimum Gasteiger partial charge on any atom is -0.396 e. The van der Waals surface area contributed by atoms with Crippen molar-refractivity contribution in [3.8, 4) is 0 Å². The summed E-state index contributed by atoms with van der Waals surface area (Å²) >= 11 is 0. The van der Waals surface area contributed by atoms with Crippen molar-refractivity contribution in [2.24, 2.45) is 5.41 Å². The van der Waals surface area contributed by atoms with Crippen LogP contribution in [-0.4, -0.2) is 64.8 Å². The smallest absolute Gasteiger partial charge is 0.396 e. The summed E-state index contributed by atoms with van der Waals surface area (Å²) in [5.41, 5.74) is 1.01. The minimum absolute atomic E-state index is 0.0479. The van der Waals surface area contributed by atoms with Crippen molar-refractivity contribution in [1.82, 2.24) is 9.80 Å². The molecule has 0 aromatic heterocycles. The maximum atomic E-state index is 13.0. The molecule has 2 N–H and O–H groups in total. The number of piperazine rings is 1. The highest BCUT2D eigenvalue weighted by Gasteiger charge is 2.50. The van der Waals surface area contributed by atoms with Gasteiger partial charge in [0.25, 0.3) is 5.92 Å². The fourth-order valence-electron chi connectivity index (χ4n) is 6.25. The summed E-state index contributed by atoms with van der Waals surface area (Å²) in [6.07, 6.45) is -1.97. The van der Waals surface area contributed by atoms with Crippen molar-refractivity contribution < 1.29 is 37.0 Å². The maximum Gasteiger partial charge on any atom is 0.416 e. The van der Waals surface area contributed by atoms with Gasteiger partial charge in [-0.05, 0) is 72.9 Å². The first-order chi connectivity index (χ1) is 20.2. The Morgan fingerprint density at radius 2 is 1.56 bits per heavy atom. The van der Waals surface area contributed by atoms with E-state index in [0.29, 0.717) is 25.8 Å². The molecule has 2 aromatic carbocycles. The van der Waals surface area contributed by atoms with Gasteiger partial charge in [0.1, 0.15) is 0 Å². The van der Waals surface area contributed by atoms with E-state index in [-0.39, 0.29) is 48.6 Å². The first-order valence-electron chi connectivity index (χ1n) is 15.0. The molecular weight excluding hydrogens is 567 g/mol. The number of aliphatic hydroxyl groups is 2. The lowest BCUT2D eigenvalue weighted by Crippen LogP contribution is -2.53. The van der Waals surface area contributed by atoms with Gasteiger partial charge in [0, 0.05) is 58.3 Å². The highest BCUT2D eigenvalue weighted by atomic mass is 19.4. The summed E-state index contributed by atoms with van der Waals surface area (Å²) in [5, 5.41) is 19.1. The molecule has 43 heavy (non-hydrogen) atoms. The lowest BCUT2D eigenvalue weighted by molar-refractivity contribution is -0.138. The Morgan fingerprint density at radius 3 is 2.05 bits per heavy atom. The van der Waals surface area contributed by atoms with Gasteiger partial charge in [0.2, 0.25) is 5.91 Å². The summed E-state index contributed by atoms with van der Waals surface area (Å²) in [7, 11) is 0. The Bertz CT molecular complexity index is 1140. The first kappa shape index (κ1) is 36.6. The van der Waals surface area contributed by atoms with Gasteiger partial charge < -0.3 is 15.1 Å². The zero-order chi connectivity index (χ0) is 32.6. The number of fused-ring (bicyclic) bond motifs is 1. The van der Waals surface area contributed by atoms with E-state index in [1.54, 1.807) is 13.8 Å². The normalized spacial score (nSPS) is 20.0. The number of hydrogen-bond acceptors (Lipinski definition) is 4. The van der Waals surface area contributed by atoms with Crippen LogP contribution in [0.4, 0.5) is 22.0 Å². The molecule has 0 radical (unpaired) electrons. The monoisotopic (exact) mass is 614 g/mol. The Kier molecular flexibility index (Phi) is 13.2. The van der Waals surface area contributed by atoms with E-state index in [1.165, 1.54) is 11.1 Å². The SMILES string of the molecule is CC.CC(=O)N1CCN2CC(CCO)(CCO)CC2C1c1ccccc1C.CCc1cc(C(C)(F)F)cc(C(F)(F)F)c1. The van der Waals surface area contributed by atoms with Gasteiger partial charge in [0.15, 0.2) is 0 Å². The van der Waals surface area contributed by atoms with Gasteiger partial charge in [-0.1, -0.05) is 45.0 Å². The average Bonchev–Trinajstić information content (AvgIpc) is 3.31. The van der Waals surface area contributed by atoms with Crippen LogP contribution in [-0.2, 0) is 23.3 Å². The molecule has 2 fully saturated rings. The number of benzene rings is 2. The highest BCUT2D eigenvalue weighted by molar-refractivity contribution is 5.74. The lowest BCUT2D eigenvalue weighted by Gasteiger charge is -2.45. The fraction of sp³-hybridized carbons (Fsp3) is 0.606. The van der Waals surface area contributed by atoms with Crippen LogP contribution in [0.5, 0.6) is 0 Å². The lowest BCUT2D eigenvalue weighted by atomic mass is 9.77. The molecule has 2 saturated heterocycles. The van der Waals surface area contributed by atoms with Gasteiger partial charge in [-0.3, -0.25) is 9.69 Å². The topological polar surface area (TPSA) is 64.0 Å². The largest absolute Gasteiger partial charge is 0.416 e. The number of hydrogen-bond donors (Lipinski definition) is 2. The van der Waals surface area contributed by atoms with E-state index in [1.807, 2.05) is 30.9 Å². The number of nitrogens with zero attached hydrogens (tertiary/aromatic N) is 2. The van der Waals surface area contributed by atoms with Crippen LogP contribution in [0, 0.1) is 12.3 Å². The zero-order valence-corrected chi connectivity index (χ0v) is 26.1. The third kappa shape index (κ3) is 9.22. The van der Waals surface area contributed by atoms with Crippen molar-refractivity contribution in [2.75, 3.05) is 32.8 Å². The second kappa shape index (κ2) is 15.4. The summed E-state index contributed by atoms with van der Waals surface area (Å²) in [5.74, 6) is -3.14. The van der Waals surface area contributed by atoms with Crippen molar-refractivity contribution in [1.29, 1.82) is 0 Å². The molecule has 2 heterocycles. The number of amides is 1. The Morgan fingerprint density at radius 1 is 0.977 bits per heavy atom. The maximum absolute atomic E-state index is 13.0. The molecule has 0 saturated carbocycles. The number of carbonyl (C=O) groups excluding carboxylic acids is 1. The molecule has 10 heteroatoms. The molecule has 0 aliphatic carbocycles. The summed E-state index contributed by atoms with van der Waals surface area (Å²) in [6.45, 7) is 12.8. The molecule has 2 aromatic rings. The summed E-state index contributed by atoms with van der Waals surface area (Å²) < 4.78 is 63.2. The Labute approximate surface area is 252 Å². The predicted molar refractivity (Wildman–Crippen MR) is 159 cm³/mol.